The van der Waals surface area contributed by atoms with Gasteiger partial charge in [-0.25, -0.2) is 0 Å². The fourth-order valence-electron chi connectivity index (χ4n) is 1.99. The lowest BCUT2D eigenvalue weighted by atomic mass is 9.95. The van der Waals surface area contributed by atoms with Crippen molar-refractivity contribution in [2.75, 3.05) is 7.11 Å². The number of hydrogen-bond donors (Lipinski definition) is 0. The van der Waals surface area contributed by atoms with Crippen molar-refractivity contribution in [1.82, 2.24) is 0 Å². The van der Waals surface area contributed by atoms with Crippen molar-refractivity contribution in [2.45, 2.75) is 45.4 Å². The summed E-state index contributed by atoms with van der Waals surface area (Å²) in [5, 5.41) is 0. The summed E-state index contributed by atoms with van der Waals surface area (Å²) < 4.78 is 4.85. The van der Waals surface area contributed by atoms with Crippen LogP contribution < -0.4 is 0 Å². The zero-order valence-corrected chi connectivity index (χ0v) is 11.2. The van der Waals surface area contributed by atoms with Gasteiger partial charge in [-0.05, 0) is 30.4 Å². The minimum atomic E-state index is -0.318. The number of esters is 1. The van der Waals surface area contributed by atoms with E-state index in [0.29, 0.717) is 0 Å². The van der Waals surface area contributed by atoms with Crippen LogP contribution in [0.2, 0.25) is 0 Å². The van der Waals surface area contributed by atoms with Crippen LogP contribution in [0.1, 0.15) is 44.7 Å². The molecule has 17 heavy (non-hydrogen) atoms. The standard InChI is InChI=1S/C13H16O2.C2H6/c1-3-10-4-6-11(7-5-10)13(8-9-13)12(14)15-2;1-2/h4-7H,3,8-9H2,1-2H3;1-2H3. The number of ether oxygens (including phenoxy) is 1. The molecule has 0 unspecified atom stereocenters. The van der Waals surface area contributed by atoms with Crippen LogP contribution in [0.4, 0.5) is 0 Å². The number of carbonyl (C=O) groups excluding carboxylic acids is 1. The van der Waals surface area contributed by atoms with Crippen molar-refractivity contribution in [3.63, 3.8) is 0 Å². The third-order valence-electron chi connectivity index (χ3n) is 3.24. The average molecular weight is 234 g/mol. The second kappa shape index (κ2) is 5.85. The van der Waals surface area contributed by atoms with Gasteiger partial charge in [0, 0.05) is 0 Å². The molecule has 1 saturated carbocycles. The van der Waals surface area contributed by atoms with Gasteiger partial charge in [-0.2, -0.15) is 0 Å². The molecule has 0 radical (unpaired) electrons. The van der Waals surface area contributed by atoms with E-state index in [4.69, 9.17) is 4.74 Å². The zero-order valence-electron chi connectivity index (χ0n) is 11.2. The summed E-state index contributed by atoms with van der Waals surface area (Å²) in [5.41, 5.74) is 2.09. The molecule has 2 nitrogen and oxygen atoms in total. The Kier molecular flexibility index (Phi) is 4.73. The van der Waals surface area contributed by atoms with Crippen LogP contribution in [-0.2, 0) is 21.4 Å². The highest BCUT2D eigenvalue weighted by Crippen LogP contribution is 2.49. The molecule has 0 aliphatic heterocycles. The first kappa shape index (κ1) is 13.8. The molecule has 1 aromatic carbocycles. The Balaban J connectivity index is 0.000000686. The molecule has 0 aromatic heterocycles. The monoisotopic (exact) mass is 234 g/mol. The van der Waals surface area contributed by atoms with E-state index in [1.54, 1.807) is 0 Å². The molecule has 0 bridgehead atoms. The number of methoxy groups -OCH3 is 1. The van der Waals surface area contributed by atoms with E-state index in [2.05, 4.69) is 31.2 Å². The maximum atomic E-state index is 11.6. The highest BCUT2D eigenvalue weighted by molar-refractivity contribution is 5.86. The van der Waals surface area contributed by atoms with Gasteiger partial charge in [-0.1, -0.05) is 45.0 Å². The minimum absolute atomic E-state index is 0.0910. The lowest BCUT2D eigenvalue weighted by Crippen LogP contribution is -2.21. The molecule has 1 aliphatic rings. The Labute approximate surface area is 104 Å². The predicted octanol–water partition coefficient (Wildman–Crippen LogP) is 3.48. The Bertz CT molecular complexity index is 361. The summed E-state index contributed by atoms with van der Waals surface area (Å²) in [4.78, 5) is 11.6. The summed E-state index contributed by atoms with van der Waals surface area (Å²) >= 11 is 0. The number of hydrogen-bond acceptors (Lipinski definition) is 2. The van der Waals surface area contributed by atoms with Crippen LogP contribution in [0.3, 0.4) is 0 Å². The number of benzene rings is 1. The van der Waals surface area contributed by atoms with E-state index in [1.165, 1.54) is 12.7 Å². The minimum Gasteiger partial charge on any atom is -0.468 e. The van der Waals surface area contributed by atoms with E-state index >= 15 is 0 Å². The number of rotatable bonds is 3. The molecular weight excluding hydrogens is 212 g/mol. The largest absolute Gasteiger partial charge is 0.468 e. The van der Waals surface area contributed by atoms with Gasteiger partial charge in [-0.15, -0.1) is 0 Å². The van der Waals surface area contributed by atoms with Gasteiger partial charge >= 0.3 is 5.97 Å². The van der Waals surface area contributed by atoms with Gasteiger partial charge < -0.3 is 4.74 Å². The number of carbonyl (C=O) groups is 1. The van der Waals surface area contributed by atoms with Crippen molar-refractivity contribution in [3.8, 4) is 0 Å². The van der Waals surface area contributed by atoms with Crippen LogP contribution in [0.25, 0.3) is 0 Å². The third kappa shape index (κ3) is 2.68. The maximum Gasteiger partial charge on any atom is 0.316 e. The Hall–Kier alpha value is -1.31. The van der Waals surface area contributed by atoms with Crippen molar-refractivity contribution >= 4 is 5.97 Å². The second-order valence-corrected chi connectivity index (χ2v) is 4.12. The van der Waals surface area contributed by atoms with Crippen molar-refractivity contribution < 1.29 is 9.53 Å². The molecular formula is C15H22O2. The highest BCUT2D eigenvalue weighted by Gasteiger charge is 2.52. The van der Waals surface area contributed by atoms with E-state index < -0.39 is 0 Å². The predicted molar refractivity (Wildman–Crippen MR) is 70.1 cm³/mol. The van der Waals surface area contributed by atoms with Gasteiger partial charge in [0.25, 0.3) is 0 Å². The first-order valence-corrected chi connectivity index (χ1v) is 6.41. The SMILES string of the molecule is CC.CCc1ccc(C2(C(=O)OC)CC2)cc1. The third-order valence-corrected chi connectivity index (χ3v) is 3.24. The average Bonchev–Trinajstić information content (AvgIpc) is 3.22. The molecule has 94 valence electrons. The fourth-order valence-corrected chi connectivity index (χ4v) is 1.99. The molecule has 2 heteroatoms. The first-order chi connectivity index (χ1) is 8.23. The second-order valence-electron chi connectivity index (χ2n) is 4.12. The molecule has 1 aromatic rings. The summed E-state index contributed by atoms with van der Waals surface area (Å²) in [6, 6.07) is 8.31. The van der Waals surface area contributed by atoms with Gasteiger partial charge in [0.05, 0.1) is 12.5 Å². The molecule has 0 spiro atoms. The van der Waals surface area contributed by atoms with Crippen LogP contribution >= 0.6 is 0 Å². The van der Waals surface area contributed by atoms with Crippen LogP contribution in [0.15, 0.2) is 24.3 Å². The molecule has 0 N–H and O–H groups in total. The van der Waals surface area contributed by atoms with Gasteiger partial charge in [-0.3, -0.25) is 4.79 Å². The van der Waals surface area contributed by atoms with Crippen molar-refractivity contribution in [2.24, 2.45) is 0 Å². The smallest absolute Gasteiger partial charge is 0.316 e. The lowest BCUT2D eigenvalue weighted by molar-refractivity contribution is -0.143. The molecule has 0 atom stereocenters. The molecule has 0 saturated heterocycles. The Morgan fingerprint density at radius 2 is 1.76 bits per heavy atom. The summed E-state index contributed by atoms with van der Waals surface area (Å²) in [6.07, 6.45) is 2.88. The van der Waals surface area contributed by atoms with Crippen LogP contribution in [0.5, 0.6) is 0 Å². The first-order valence-electron chi connectivity index (χ1n) is 6.41. The highest BCUT2D eigenvalue weighted by atomic mass is 16.5. The van der Waals surface area contributed by atoms with Crippen molar-refractivity contribution in [3.05, 3.63) is 35.4 Å². The molecule has 1 fully saturated rings. The van der Waals surface area contributed by atoms with Crippen molar-refractivity contribution in [1.29, 1.82) is 0 Å². The zero-order chi connectivity index (χ0) is 12.9. The quantitative estimate of drug-likeness (QED) is 0.748. The topological polar surface area (TPSA) is 26.3 Å². The van der Waals surface area contributed by atoms with Crippen LogP contribution in [0, 0.1) is 0 Å². The maximum absolute atomic E-state index is 11.6. The fraction of sp³-hybridized carbons (Fsp3) is 0.533. The molecule has 2 rings (SSSR count). The van der Waals surface area contributed by atoms with E-state index in [9.17, 15) is 4.79 Å². The molecule has 1 aliphatic carbocycles. The van der Waals surface area contributed by atoms with Crippen LogP contribution in [-0.4, -0.2) is 13.1 Å². The Morgan fingerprint density at radius 1 is 1.24 bits per heavy atom. The van der Waals surface area contributed by atoms with Gasteiger partial charge in [0.15, 0.2) is 0 Å². The summed E-state index contributed by atoms with van der Waals surface area (Å²) in [6.45, 7) is 6.13. The van der Waals surface area contributed by atoms with Gasteiger partial charge in [0.2, 0.25) is 0 Å². The summed E-state index contributed by atoms with van der Waals surface area (Å²) in [5.74, 6) is -0.0910. The van der Waals surface area contributed by atoms with E-state index in [1.807, 2.05) is 13.8 Å². The van der Waals surface area contributed by atoms with E-state index in [0.717, 1.165) is 24.8 Å². The molecule has 0 amide bonds. The molecule has 0 heterocycles. The summed E-state index contributed by atoms with van der Waals surface area (Å²) in [7, 11) is 1.46. The normalized spacial score (nSPS) is 15.5. The van der Waals surface area contributed by atoms with E-state index in [-0.39, 0.29) is 11.4 Å². The Morgan fingerprint density at radius 3 is 2.12 bits per heavy atom. The van der Waals surface area contributed by atoms with Gasteiger partial charge in [0.1, 0.15) is 0 Å². The number of aryl methyl sites for hydroxylation is 1. The lowest BCUT2D eigenvalue weighted by Gasteiger charge is -2.13.